The Morgan fingerprint density at radius 1 is 1.00 bits per heavy atom. The number of nitrogens with one attached hydrogen (secondary N) is 1. The van der Waals surface area contributed by atoms with Crippen molar-refractivity contribution >= 4 is 27.1 Å². The minimum Gasteiger partial charge on any atom is -0.467 e. The minimum atomic E-state index is -3.74. The zero-order chi connectivity index (χ0) is 25.9. The molecule has 1 N–H and O–H groups in total. The molecule has 4 rings (SSSR count). The first-order chi connectivity index (χ1) is 17.1. The van der Waals surface area contributed by atoms with Gasteiger partial charge in [-0.1, -0.05) is 35.9 Å². The zero-order valence-corrected chi connectivity index (χ0v) is 21.5. The highest BCUT2D eigenvalue weighted by Gasteiger charge is 2.24. The van der Waals surface area contributed by atoms with Crippen LogP contribution in [-0.4, -0.2) is 30.5 Å². The van der Waals surface area contributed by atoms with Crippen molar-refractivity contribution in [3.8, 4) is 0 Å². The molecule has 0 aliphatic carbocycles. The highest BCUT2D eigenvalue weighted by molar-refractivity contribution is 7.90. The number of nitrogens with zero attached hydrogens (tertiary/aromatic N) is 3. The molecule has 0 aliphatic heterocycles. The van der Waals surface area contributed by atoms with E-state index < -0.39 is 20.9 Å². The molecular formula is C27H28N4O4S. The number of hydrogen-bond acceptors (Lipinski definition) is 7. The van der Waals surface area contributed by atoms with Crippen LogP contribution in [0.2, 0.25) is 0 Å². The minimum absolute atomic E-state index is 0.0395. The number of aryl methyl sites for hydroxylation is 3. The molecule has 0 saturated carbocycles. The number of carbonyl (C=O) groups excluding carboxylic acids is 1. The van der Waals surface area contributed by atoms with E-state index in [1.54, 1.807) is 18.4 Å². The Kier molecular flexibility index (Phi) is 7.21. The molecule has 8 nitrogen and oxygen atoms in total. The SMILES string of the molecule is Cc1ccc(CN(Cc2ccco2)c2cnc(S(C)(=O)=O)nc2C(=O)Nc2ccc(C)c(C)c2)cc1. The Bertz CT molecular complexity index is 1480. The summed E-state index contributed by atoms with van der Waals surface area (Å²) in [5.41, 5.74) is 5.18. The molecule has 4 aromatic rings. The van der Waals surface area contributed by atoms with E-state index in [9.17, 15) is 13.2 Å². The van der Waals surface area contributed by atoms with Gasteiger partial charge in [-0.2, -0.15) is 0 Å². The van der Waals surface area contributed by atoms with Gasteiger partial charge < -0.3 is 14.6 Å². The highest BCUT2D eigenvalue weighted by atomic mass is 32.2. The van der Waals surface area contributed by atoms with E-state index in [4.69, 9.17) is 4.42 Å². The van der Waals surface area contributed by atoms with Crippen molar-refractivity contribution in [2.45, 2.75) is 39.0 Å². The second-order valence-electron chi connectivity index (χ2n) is 8.83. The van der Waals surface area contributed by atoms with E-state index in [1.165, 1.54) is 6.20 Å². The third-order valence-corrected chi connectivity index (χ3v) is 6.68. The Morgan fingerprint density at radius 3 is 2.39 bits per heavy atom. The smallest absolute Gasteiger partial charge is 0.276 e. The van der Waals surface area contributed by atoms with Crippen LogP contribution in [0.15, 0.2) is 76.6 Å². The summed E-state index contributed by atoms with van der Waals surface area (Å²) >= 11 is 0. The first-order valence-corrected chi connectivity index (χ1v) is 13.3. The number of amides is 1. The van der Waals surface area contributed by atoms with Gasteiger partial charge in [0.25, 0.3) is 5.91 Å². The third kappa shape index (κ3) is 5.98. The van der Waals surface area contributed by atoms with Crippen LogP contribution in [-0.2, 0) is 22.9 Å². The summed E-state index contributed by atoms with van der Waals surface area (Å²) in [6.45, 7) is 6.70. The van der Waals surface area contributed by atoms with Gasteiger partial charge in [-0.15, -0.1) is 0 Å². The van der Waals surface area contributed by atoms with E-state index in [0.29, 0.717) is 30.2 Å². The number of rotatable bonds is 8. The second-order valence-corrected chi connectivity index (χ2v) is 10.7. The van der Waals surface area contributed by atoms with Gasteiger partial charge in [0.15, 0.2) is 5.69 Å². The van der Waals surface area contributed by atoms with Gasteiger partial charge in [0.05, 0.1) is 24.7 Å². The van der Waals surface area contributed by atoms with Gasteiger partial charge in [0.2, 0.25) is 15.0 Å². The first-order valence-electron chi connectivity index (χ1n) is 11.4. The number of hydrogen-bond donors (Lipinski definition) is 1. The van der Waals surface area contributed by atoms with Gasteiger partial charge in [0, 0.05) is 18.5 Å². The number of anilines is 2. The highest BCUT2D eigenvalue weighted by Crippen LogP contribution is 2.26. The van der Waals surface area contributed by atoms with Crippen LogP contribution in [0.1, 0.15) is 38.5 Å². The Morgan fingerprint density at radius 2 is 1.75 bits per heavy atom. The summed E-state index contributed by atoms with van der Waals surface area (Å²) in [7, 11) is -3.74. The molecular weight excluding hydrogens is 476 g/mol. The molecule has 0 unspecified atom stereocenters. The summed E-state index contributed by atoms with van der Waals surface area (Å²) in [6, 6.07) is 17.2. The fraction of sp³-hybridized carbons (Fsp3) is 0.222. The summed E-state index contributed by atoms with van der Waals surface area (Å²) in [5, 5.41) is 2.44. The van der Waals surface area contributed by atoms with Gasteiger partial charge in [-0.3, -0.25) is 4.79 Å². The average Bonchev–Trinajstić information content (AvgIpc) is 3.34. The zero-order valence-electron chi connectivity index (χ0n) is 20.6. The topological polar surface area (TPSA) is 105 Å². The van der Waals surface area contributed by atoms with Crippen LogP contribution in [0.25, 0.3) is 0 Å². The molecule has 0 aliphatic rings. The van der Waals surface area contributed by atoms with Crippen molar-refractivity contribution in [3.05, 3.63) is 101 Å². The van der Waals surface area contributed by atoms with Crippen molar-refractivity contribution < 1.29 is 17.6 Å². The molecule has 0 saturated heterocycles. The lowest BCUT2D eigenvalue weighted by Crippen LogP contribution is -2.27. The molecule has 2 aromatic carbocycles. The van der Waals surface area contributed by atoms with Crippen LogP contribution in [0.4, 0.5) is 11.4 Å². The maximum absolute atomic E-state index is 13.5. The lowest BCUT2D eigenvalue weighted by atomic mass is 10.1. The van der Waals surface area contributed by atoms with E-state index in [0.717, 1.165) is 28.5 Å². The molecule has 0 spiro atoms. The first kappa shape index (κ1) is 25.1. The Labute approximate surface area is 210 Å². The van der Waals surface area contributed by atoms with Crippen LogP contribution in [0.3, 0.4) is 0 Å². The molecule has 2 heterocycles. The fourth-order valence-corrected chi connectivity index (χ4v) is 4.18. The second kappa shape index (κ2) is 10.3. The molecule has 2 aromatic heterocycles. The van der Waals surface area contributed by atoms with Crippen molar-refractivity contribution in [3.63, 3.8) is 0 Å². The van der Waals surface area contributed by atoms with E-state index in [1.807, 2.05) is 68.1 Å². The van der Waals surface area contributed by atoms with E-state index in [-0.39, 0.29) is 5.69 Å². The summed E-state index contributed by atoms with van der Waals surface area (Å²) in [4.78, 5) is 23.6. The van der Waals surface area contributed by atoms with Gasteiger partial charge in [-0.25, -0.2) is 18.4 Å². The van der Waals surface area contributed by atoms with Crippen LogP contribution < -0.4 is 10.2 Å². The van der Waals surface area contributed by atoms with Gasteiger partial charge in [0.1, 0.15) is 5.76 Å². The predicted octanol–water partition coefficient (Wildman–Crippen LogP) is 4.86. The number of aromatic nitrogens is 2. The molecule has 0 bridgehead atoms. The Hall–Kier alpha value is -3.98. The summed E-state index contributed by atoms with van der Waals surface area (Å²) in [5.74, 6) is 0.142. The standard InChI is InChI=1S/C27H28N4O4S/c1-18-7-10-21(11-8-18)16-31(17-23-6-5-13-35-23)24-15-28-27(36(4,33)34)30-25(24)26(32)29-22-12-9-19(2)20(3)14-22/h5-15H,16-17H2,1-4H3,(H,29,32). The van der Waals surface area contributed by atoms with Gasteiger partial charge >= 0.3 is 0 Å². The van der Waals surface area contributed by atoms with Crippen LogP contribution >= 0.6 is 0 Å². The third-order valence-electron chi connectivity index (χ3n) is 5.82. The molecule has 1 amide bonds. The van der Waals surface area contributed by atoms with E-state index in [2.05, 4.69) is 15.3 Å². The lowest BCUT2D eigenvalue weighted by Gasteiger charge is -2.25. The quantitative estimate of drug-likeness (QED) is 0.342. The lowest BCUT2D eigenvalue weighted by molar-refractivity contribution is 0.102. The molecule has 0 fully saturated rings. The molecule has 0 atom stereocenters. The number of furan rings is 1. The van der Waals surface area contributed by atoms with Crippen molar-refractivity contribution in [1.82, 2.24) is 9.97 Å². The largest absolute Gasteiger partial charge is 0.467 e. The molecule has 186 valence electrons. The van der Waals surface area contributed by atoms with Gasteiger partial charge in [-0.05, 0) is 61.7 Å². The maximum atomic E-state index is 13.5. The fourth-order valence-electron chi connectivity index (χ4n) is 3.68. The van der Waals surface area contributed by atoms with Crippen molar-refractivity contribution in [2.24, 2.45) is 0 Å². The normalized spacial score (nSPS) is 11.3. The molecule has 36 heavy (non-hydrogen) atoms. The van der Waals surface area contributed by atoms with E-state index >= 15 is 0 Å². The number of sulfone groups is 1. The van der Waals surface area contributed by atoms with Crippen molar-refractivity contribution in [1.29, 1.82) is 0 Å². The maximum Gasteiger partial charge on any atom is 0.276 e. The molecule has 9 heteroatoms. The monoisotopic (exact) mass is 504 g/mol. The number of carbonyl (C=O) groups is 1. The van der Waals surface area contributed by atoms with Crippen LogP contribution in [0.5, 0.6) is 0 Å². The average molecular weight is 505 g/mol. The number of benzene rings is 2. The van der Waals surface area contributed by atoms with Crippen LogP contribution in [0, 0.1) is 20.8 Å². The van der Waals surface area contributed by atoms with Crippen molar-refractivity contribution in [2.75, 3.05) is 16.5 Å². The predicted molar refractivity (Wildman–Crippen MR) is 139 cm³/mol. The summed E-state index contributed by atoms with van der Waals surface area (Å²) < 4.78 is 30.0. The molecule has 0 radical (unpaired) electrons. The summed E-state index contributed by atoms with van der Waals surface area (Å²) in [6.07, 6.45) is 3.98. The Balaban J connectivity index is 1.78.